The van der Waals surface area contributed by atoms with Crippen molar-refractivity contribution >= 4 is 51.7 Å². The monoisotopic (exact) mass is 419 g/mol. The third-order valence-corrected chi connectivity index (χ3v) is 4.28. The minimum Gasteiger partial charge on any atom is -0.345 e. The Balaban J connectivity index is 2.17. The molecule has 0 spiro atoms. The van der Waals surface area contributed by atoms with E-state index in [1.807, 2.05) is 31.2 Å². The first-order chi connectivity index (χ1) is 9.47. The molecule has 0 aromatic heterocycles. The number of carbonyl (C=O) groups excluding carboxylic acids is 1. The van der Waals surface area contributed by atoms with Gasteiger partial charge in [-0.25, -0.2) is 0 Å². The van der Waals surface area contributed by atoms with E-state index in [0.29, 0.717) is 15.6 Å². The molecule has 2 rings (SSSR count). The SMILES string of the molecule is CC(NC(=O)c1cc(Cl)ccc1I)c1cccc(Cl)c1. The molecule has 0 fully saturated rings. The van der Waals surface area contributed by atoms with Gasteiger partial charge in [0.05, 0.1) is 11.6 Å². The molecule has 104 valence electrons. The largest absolute Gasteiger partial charge is 0.345 e. The van der Waals surface area contributed by atoms with Crippen LogP contribution in [0, 0.1) is 3.57 Å². The number of amides is 1. The zero-order chi connectivity index (χ0) is 14.7. The molecule has 1 unspecified atom stereocenters. The molecule has 0 aliphatic carbocycles. The van der Waals surface area contributed by atoms with Gasteiger partial charge in [-0.15, -0.1) is 0 Å². The maximum Gasteiger partial charge on any atom is 0.252 e. The number of halogens is 3. The van der Waals surface area contributed by atoms with Gasteiger partial charge in [0.25, 0.3) is 5.91 Å². The lowest BCUT2D eigenvalue weighted by Crippen LogP contribution is -2.27. The van der Waals surface area contributed by atoms with Crippen LogP contribution in [0.5, 0.6) is 0 Å². The lowest BCUT2D eigenvalue weighted by atomic mass is 10.1. The van der Waals surface area contributed by atoms with Crippen LogP contribution in [-0.4, -0.2) is 5.91 Å². The highest BCUT2D eigenvalue weighted by atomic mass is 127. The van der Waals surface area contributed by atoms with Gasteiger partial charge in [0.15, 0.2) is 0 Å². The minimum absolute atomic E-state index is 0.129. The van der Waals surface area contributed by atoms with Crippen molar-refractivity contribution in [1.82, 2.24) is 5.32 Å². The van der Waals surface area contributed by atoms with Crippen molar-refractivity contribution in [2.24, 2.45) is 0 Å². The summed E-state index contributed by atoms with van der Waals surface area (Å²) in [4.78, 5) is 12.3. The normalized spacial score (nSPS) is 12.0. The van der Waals surface area contributed by atoms with Crippen molar-refractivity contribution in [1.29, 1.82) is 0 Å². The van der Waals surface area contributed by atoms with E-state index in [0.717, 1.165) is 9.13 Å². The van der Waals surface area contributed by atoms with Gasteiger partial charge >= 0.3 is 0 Å². The average Bonchev–Trinajstić information content (AvgIpc) is 2.41. The molecule has 1 atom stereocenters. The number of rotatable bonds is 3. The fraction of sp³-hybridized carbons (Fsp3) is 0.133. The Labute approximate surface area is 141 Å². The predicted octanol–water partition coefficient (Wildman–Crippen LogP) is 5.09. The van der Waals surface area contributed by atoms with Crippen molar-refractivity contribution in [2.75, 3.05) is 0 Å². The van der Waals surface area contributed by atoms with E-state index in [1.54, 1.807) is 18.2 Å². The Hall–Kier alpha value is -0.780. The Kier molecular flexibility index (Phi) is 5.29. The highest BCUT2D eigenvalue weighted by molar-refractivity contribution is 14.1. The van der Waals surface area contributed by atoms with Gasteiger partial charge in [-0.05, 0) is 65.4 Å². The summed E-state index contributed by atoms with van der Waals surface area (Å²) < 4.78 is 0.864. The molecule has 0 aliphatic rings. The first-order valence-electron chi connectivity index (χ1n) is 5.99. The van der Waals surface area contributed by atoms with E-state index in [1.165, 1.54) is 0 Å². The molecular weight excluding hydrogens is 408 g/mol. The van der Waals surface area contributed by atoms with E-state index in [9.17, 15) is 4.79 Å². The second-order valence-electron chi connectivity index (χ2n) is 4.37. The number of hydrogen-bond donors (Lipinski definition) is 1. The van der Waals surface area contributed by atoms with Gasteiger partial charge in [-0.2, -0.15) is 0 Å². The maximum absolute atomic E-state index is 12.3. The minimum atomic E-state index is -0.149. The van der Waals surface area contributed by atoms with Crippen LogP contribution in [0.15, 0.2) is 42.5 Å². The molecule has 0 radical (unpaired) electrons. The van der Waals surface area contributed by atoms with Gasteiger partial charge in [0.1, 0.15) is 0 Å². The molecule has 0 aliphatic heterocycles. The van der Waals surface area contributed by atoms with Gasteiger partial charge in [-0.3, -0.25) is 4.79 Å². The fourth-order valence-electron chi connectivity index (χ4n) is 1.81. The number of benzene rings is 2. The van der Waals surface area contributed by atoms with E-state index < -0.39 is 0 Å². The zero-order valence-corrected chi connectivity index (χ0v) is 14.3. The second-order valence-corrected chi connectivity index (χ2v) is 6.41. The standard InChI is InChI=1S/C15H12Cl2INO/c1-9(10-3-2-4-11(16)7-10)19-15(20)13-8-12(17)5-6-14(13)18/h2-9H,1H3,(H,19,20). The molecule has 20 heavy (non-hydrogen) atoms. The zero-order valence-electron chi connectivity index (χ0n) is 10.7. The Bertz CT molecular complexity index is 646. The van der Waals surface area contributed by atoms with E-state index >= 15 is 0 Å². The van der Waals surface area contributed by atoms with Gasteiger partial charge < -0.3 is 5.32 Å². The summed E-state index contributed by atoms with van der Waals surface area (Å²) in [6, 6.07) is 12.6. The molecular formula is C15H12Cl2INO. The quantitative estimate of drug-likeness (QED) is 0.689. The average molecular weight is 420 g/mol. The lowest BCUT2D eigenvalue weighted by molar-refractivity contribution is 0.0939. The van der Waals surface area contributed by atoms with E-state index in [-0.39, 0.29) is 11.9 Å². The summed E-state index contributed by atoms with van der Waals surface area (Å²) >= 11 is 14.0. The molecule has 2 aromatic rings. The van der Waals surface area contributed by atoms with Crippen LogP contribution in [0.1, 0.15) is 28.9 Å². The highest BCUT2D eigenvalue weighted by Crippen LogP contribution is 2.21. The highest BCUT2D eigenvalue weighted by Gasteiger charge is 2.14. The molecule has 1 N–H and O–H groups in total. The van der Waals surface area contributed by atoms with Crippen LogP contribution < -0.4 is 5.32 Å². The van der Waals surface area contributed by atoms with Gasteiger partial charge in [-0.1, -0.05) is 35.3 Å². The van der Waals surface area contributed by atoms with Crippen LogP contribution in [0.3, 0.4) is 0 Å². The Morgan fingerprint density at radius 1 is 1.15 bits per heavy atom. The summed E-state index contributed by atoms with van der Waals surface area (Å²) in [6.07, 6.45) is 0. The summed E-state index contributed by atoms with van der Waals surface area (Å²) in [5.41, 5.74) is 1.54. The molecule has 0 heterocycles. The topological polar surface area (TPSA) is 29.1 Å². The van der Waals surface area contributed by atoms with Crippen LogP contribution in [0.4, 0.5) is 0 Å². The smallest absolute Gasteiger partial charge is 0.252 e. The third-order valence-electron chi connectivity index (χ3n) is 2.87. The van der Waals surface area contributed by atoms with Crippen LogP contribution in [-0.2, 0) is 0 Å². The third kappa shape index (κ3) is 3.87. The van der Waals surface area contributed by atoms with Crippen molar-refractivity contribution in [3.8, 4) is 0 Å². The van der Waals surface area contributed by atoms with Crippen molar-refractivity contribution in [2.45, 2.75) is 13.0 Å². The van der Waals surface area contributed by atoms with Crippen molar-refractivity contribution in [3.05, 3.63) is 67.2 Å². The molecule has 2 nitrogen and oxygen atoms in total. The van der Waals surface area contributed by atoms with E-state index in [2.05, 4.69) is 27.9 Å². The van der Waals surface area contributed by atoms with Crippen molar-refractivity contribution < 1.29 is 4.79 Å². The second kappa shape index (κ2) is 6.78. The van der Waals surface area contributed by atoms with Crippen LogP contribution in [0.25, 0.3) is 0 Å². The summed E-state index contributed by atoms with van der Waals surface area (Å²) in [6.45, 7) is 1.92. The molecule has 1 amide bonds. The molecule has 5 heteroatoms. The number of hydrogen-bond acceptors (Lipinski definition) is 1. The first kappa shape index (κ1) is 15.6. The maximum atomic E-state index is 12.3. The summed E-state index contributed by atoms with van der Waals surface area (Å²) in [7, 11) is 0. The van der Waals surface area contributed by atoms with Gasteiger partial charge in [0, 0.05) is 13.6 Å². The van der Waals surface area contributed by atoms with Gasteiger partial charge in [0.2, 0.25) is 0 Å². The Morgan fingerprint density at radius 3 is 2.55 bits per heavy atom. The molecule has 2 aromatic carbocycles. The molecule has 0 saturated heterocycles. The fourth-order valence-corrected chi connectivity index (χ4v) is 2.76. The molecule has 0 saturated carbocycles. The summed E-state index contributed by atoms with van der Waals surface area (Å²) in [5.74, 6) is -0.149. The van der Waals surface area contributed by atoms with E-state index in [4.69, 9.17) is 23.2 Å². The summed E-state index contributed by atoms with van der Waals surface area (Å²) in [5, 5.41) is 4.15. The number of carbonyl (C=O) groups is 1. The van der Waals surface area contributed by atoms with Crippen LogP contribution >= 0.6 is 45.8 Å². The van der Waals surface area contributed by atoms with Crippen molar-refractivity contribution in [3.63, 3.8) is 0 Å². The Morgan fingerprint density at radius 2 is 1.85 bits per heavy atom. The molecule has 0 bridgehead atoms. The first-order valence-corrected chi connectivity index (χ1v) is 7.82. The predicted molar refractivity (Wildman–Crippen MR) is 91.5 cm³/mol. The van der Waals surface area contributed by atoms with Crippen LogP contribution in [0.2, 0.25) is 10.0 Å². The number of nitrogens with one attached hydrogen (secondary N) is 1. The lowest BCUT2D eigenvalue weighted by Gasteiger charge is -2.15.